The van der Waals surface area contributed by atoms with Gasteiger partial charge in [-0.05, 0) is 12.1 Å². The number of hydrogen-bond donors (Lipinski definition) is 2. The van der Waals surface area contributed by atoms with Crippen LogP contribution in [-0.4, -0.2) is 28.0 Å². The summed E-state index contributed by atoms with van der Waals surface area (Å²) in [4.78, 5) is 22.2. The molecule has 0 spiro atoms. The zero-order chi connectivity index (χ0) is 12.4. The zero-order valence-electron chi connectivity index (χ0n) is 8.90. The second kappa shape index (κ2) is 4.42. The number of rotatable bonds is 2. The second-order valence-corrected chi connectivity index (χ2v) is 3.53. The maximum Gasteiger partial charge on any atom is 0.360 e. The largest absolute Gasteiger partial charge is 0.464 e. The molecule has 0 aromatic carbocycles. The van der Waals surface area contributed by atoms with E-state index in [-0.39, 0.29) is 16.7 Å². The van der Waals surface area contributed by atoms with E-state index in [1.54, 1.807) is 18.3 Å². The fraction of sp³-hybridized carbons (Fsp3) is 0.100. The molecule has 0 unspecified atom stereocenters. The summed E-state index contributed by atoms with van der Waals surface area (Å²) in [6, 6.07) is 3.56. The number of nitrogens with zero attached hydrogens (tertiary/aromatic N) is 2. The highest BCUT2D eigenvalue weighted by Gasteiger charge is 2.18. The number of aromatic nitrogens is 3. The van der Waals surface area contributed by atoms with Gasteiger partial charge in [-0.2, -0.15) is 0 Å². The number of H-pyrrole nitrogens is 1. The normalized spacial score (nSPS) is 10.2. The monoisotopic (exact) mass is 252 g/mol. The molecule has 2 aromatic heterocycles. The number of nitrogens with one attached hydrogen (secondary N) is 1. The van der Waals surface area contributed by atoms with Crippen LogP contribution >= 0.6 is 11.6 Å². The molecule has 0 saturated carbocycles. The van der Waals surface area contributed by atoms with Crippen molar-refractivity contribution in [3.63, 3.8) is 0 Å². The minimum absolute atomic E-state index is 0.0224. The summed E-state index contributed by atoms with van der Waals surface area (Å²) in [6.07, 6.45) is 1.72. The van der Waals surface area contributed by atoms with Gasteiger partial charge < -0.3 is 15.5 Å². The lowest BCUT2D eigenvalue weighted by atomic mass is 10.3. The highest BCUT2D eigenvalue weighted by molar-refractivity contribution is 6.32. The molecule has 0 aliphatic carbocycles. The lowest BCUT2D eigenvalue weighted by Crippen LogP contribution is -2.11. The molecule has 0 aliphatic heterocycles. The minimum atomic E-state index is -0.671. The van der Waals surface area contributed by atoms with Gasteiger partial charge in [-0.25, -0.2) is 14.8 Å². The van der Waals surface area contributed by atoms with Crippen LogP contribution in [0.25, 0.3) is 11.4 Å². The Morgan fingerprint density at radius 2 is 2.29 bits per heavy atom. The Morgan fingerprint density at radius 1 is 1.53 bits per heavy atom. The molecule has 2 aromatic rings. The van der Waals surface area contributed by atoms with Gasteiger partial charge in [0.2, 0.25) is 0 Å². The Kier molecular flexibility index (Phi) is 2.97. The van der Waals surface area contributed by atoms with E-state index >= 15 is 0 Å². The third kappa shape index (κ3) is 2.07. The summed E-state index contributed by atoms with van der Waals surface area (Å²) in [5, 5.41) is 0.0852. The van der Waals surface area contributed by atoms with Gasteiger partial charge in [0.25, 0.3) is 0 Å². The molecule has 0 radical (unpaired) electrons. The van der Waals surface area contributed by atoms with Crippen LogP contribution in [0.3, 0.4) is 0 Å². The molecule has 3 N–H and O–H groups in total. The fourth-order valence-corrected chi connectivity index (χ4v) is 1.55. The number of halogens is 1. The Morgan fingerprint density at radius 3 is 2.88 bits per heavy atom. The van der Waals surface area contributed by atoms with Crippen molar-refractivity contribution in [1.29, 1.82) is 0 Å². The quantitative estimate of drug-likeness (QED) is 0.790. The first-order valence-electron chi connectivity index (χ1n) is 4.68. The van der Waals surface area contributed by atoms with Crippen molar-refractivity contribution >= 4 is 23.4 Å². The van der Waals surface area contributed by atoms with E-state index in [0.717, 1.165) is 0 Å². The first kappa shape index (κ1) is 11.4. The molecule has 17 heavy (non-hydrogen) atoms. The van der Waals surface area contributed by atoms with Crippen molar-refractivity contribution in [3.05, 3.63) is 29.2 Å². The molecule has 2 rings (SSSR count). The molecule has 88 valence electrons. The second-order valence-electron chi connectivity index (χ2n) is 3.17. The van der Waals surface area contributed by atoms with E-state index < -0.39 is 5.97 Å². The van der Waals surface area contributed by atoms with E-state index in [0.29, 0.717) is 11.4 Å². The predicted octanol–water partition coefficient (Wildman–Crippen LogP) is 1.49. The summed E-state index contributed by atoms with van der Waals surface area (Å²) >= 11 is 5.94. The van der Waals surface area contributed by atoms with Crippen molar-refractivity contribution in [2.75, 3.05) is 12.8 Å². The van der Waals surface area contributed by atoms with Crippen LogP contribution in [0.2, 0.25) is 5.15 Å². The van der Waals surface area contributed by atoms with E-state index in [9.17, 15) is 4.79 Å². The zero-order valence-corrected chi connectivity index (χ0v) is 9.65. The summed E-state index contributed by atoms with van der Waals surface area (Å²) in [6.45, 7) is 0. The molecule has 0 aliphatic rings. The van der Waals surface area contributed by atoms with Gasteiger partial charge in [0, 0.05) is 6.20 Å². The van der Waals surface area contributed by atoms with Crippen LogP contribution in [0.5, 0.6) is 0 Å². The van der Waals surface area contributed by atoms with Crippen LogP contribution in [0.4, 0.5) is 5.82 Å². The van der Waals surface area contributed by atoms with Crippen LogP contribution in [0, 0.1) is 0 Å². The van der Waals surface area contributed by atoms with Crippen molar-refractivity contribution in [2.24, 2.45) is 0 Å². The van der Waals surface area contributed by atoms with E-state index in [1.165, 1.54) is 7.11 Å². The van der Waals surface area contributed by atoms with Gasteiger partial charge in [-0.15, -0.1) is 0 Å². The standard InChI is InChI=1S/C10H9ClN4O2/c1-17-10(16)7-9(12)15-6(8(11)14-7)5-3-2-4-13-5/h2-4,13H,1H3,(H2,12,15). The summed E-state index contributed by atoms with van der Waals surface area (Å²) in [5.74, 6) is -0.694. The maximum absolute atomic E-state index is 11.3. The van der Waals surface area contributed by atoms with Gasteiger partial charge in [0.05, 0.1) is 12.8 Å². The third-order valence-electron chi connectivity index (χ3n) is 2.11. The molecule has 0 atom stereocenters. The van der Waals surface area contributed by atoms with Gasteiger partial charge >= 0.3 is 5.97 Å². The number of hydrogen-bond acceptors (Lipinski definition) is 5. The van der Waals surface area contributed by atoms with E-state index in [4.69, 9.17) is 17.3 Å². The minimum Gasteiger partial charge on any atom is -0.464 e. The molecule has 7 heteroatoms. The summed E-state index contributed by atoms with van der Waals surface area (Å²) in [7, 11) is 1.23. The highest BCUT2D eigenvalue weighted by Crippen LogP contribution is 2.25. The summed E-state index contributed by atoms with van der Waals surface area (Å²) in [5.41, 5.74) is 6.60. The molecule has 0 fully saturated rings. The van der Waals surface area contributed by atoms with E-state index in [2.05, 4.69) is 19.7 Å². The smallest absolute Gasteiger partial charge is 0.360 e. The number of ether oxygens (including phenoxy) is 1. The number of carbonyl (C=O) groups is 1. The molecular formula is C10H9ClN4O2. The van der Waals surface area contributed by atoms with Crippen LogP contribution in [-0.2, 0) is 4.74 Å². The Bertz CT molecular complexity index is 554. The van der Waals surface area contributed by atoms with Crippen LogP contribution < -0.4 is 5.73 Å². The molecular weight excluding hydrogens is 244 g/mol. The van der Waals surface area contributed by atoms with E-state index in [1.807, 2.05) is 0 Å². The number of nitrogens with two attached hydrogens (primary N) is 1. The topological polar surface area (TPSA) is 93.9 Å². The number of aromatic amines is 1. The van der Waals surface area contributed by atoms with Gasteiger partial charge in [0.15, 0.2) is 16.7 Å². The lowest BCUT2D eigenvalue weighted by molar-refractivity contribution is 0.0595. The van der Waals surface area contributed by atoms with Gasteiger partial charge in [0.1, 0.15) is 5.69 Å². The molecule has 6 nitrogen and oxygen atoms in total. The molecule has 2 heterocycles. The molecule has 0 amide bonds. The first-order valence-corrected chi connectivity index (χ1v) is 5.06. The van der Waals surface area contributed by atoms with Gasteiger partial charge in [-0.1, -0.05) is 11.6 Å². The third-order valence-corrected chi connectivity index (χ3v) is 2.38. The SMILES string of the molecule is COC(=O)c1nc(Cl)c(-c2ccc[nH]2)nc1N. The number of methoxy groups -OCH3 is 1. The summed E-state index contributed by atoms with van der Waals surface area (Å²) < 4.78 is 4.51. The van der Waals surface area contributed by atoms with Crippen molar-refractivity contribution < 1.29 is 9.53 Å². The van der Waals surface area contributed by atoms with Crippen molar-refractivity contribution in [2.45, 2.75) is 0 Å². The number of esters is 1. The number of nitrogen functional groups attached to an aromatic ring is 1. The molecule has 0 bridgehead atoms. The van der Waals surface area contributed by atoms with Crippen LogP contribution in [0.15, 0.2) is 18.3 Å². The number of carbonyl (C=O) groups excluding carboxylic acids is 1. The predicted molar refractivity (Wildman–Crippen MR) is 62.6 cm³/mol. The van der Waals surface area contributed by atoms with Crippen LogP contribution in [0.1, 0.15) is 10.5 Å². The lowest BCUT2D eigenvalue weighted by Gasteiger charge is -2.06. The van der Waals surface area contributed by atoms with Crippen molar-refractivity contribution in [1.82, 2.24) is 15.0 Å². The Labute approximate surface area is 102 Å². The average molecular weight is 253 g/mol. The average Bonchev–Trinajstić information content (AvgIpc) is 2.84. The van der Waals surface area contributed by atoms with Crippen molar-refractivity contribution in [3.8, 4) is 11.4 Å². The first-order chi connectivity index (χ1) is 8.13. The number of anilines is 1. The fourth-order valence-electron chi connectivity index (χ4n) is 1.32. The Balaban J connectivity index is 2.53. The molecule has 0 saturated heterocycles. The highest BCUT2D eigenvalue weighted by atomic mass is 35.5. The Hall–Kier alpha value is -2.08. The maximum atomic E-state index is 11.3. The van der Waals surface area contributed by atoms with Gasteiger partial charge in [-0.3, -0.25) is 0 Å².